The van der Waals surface area contributed by atoms with E-state index in [1.54, 1.807) is 23.5 Å². The normalized spacial score (nSPS) is 11.4. The molecule has 0 aliphatic carbocycles. The Hall–Kier alpha value is -2.55. The van der Waals surface area contributed by atoms with Crippen molar-refractivity contribution < 1.29 is 13.2 Å². The molecular formula is C22H25N3O3S2. The van der Waals surface area contributed by atoms with E-state index in [0.29, 0.717) is 12.1 Å². The Labute approximate surface area is 181 Å². The summed E-state index contributed by atoms with van der Waals surface area (Å²) in [4.78, 5) is 16.9. The van der Waals surface area contributed by atoms with Gasteiger partial charge in [0.15, 0.2) is 0 Å². The third-order valence-corrected chi connectivity index (χ3v) is 6.91. The minimum atomic E-state index is -3.71. The van der Waals surface area contributed by atoms with Gasteiger partial charge in [0.05, 0.1) is 9.90 Å². The zero-order valence-electron chi connectivity index (χ0n) is 16.8. The lowest BCUT2D eigenvalue weighted by atomic mass is 10.2. The van der Waals surface area contributed by atoms with Crippen molar-refractivity contribution >= 4 is 27.3 Å². The first kappa shape index (κ1) is 22.1. The molecule has 8 heteroatoms. The molecule has 1 amide bonds. The summed E-state index contributed by atoms with van der Waals surface area (Å²) in [6, 6.07) is 15.4. The van der Waals surface area contributed by atoms with Crippen molar-refractivity contribution in [1.29, 1.82) is 0 Å². The Morgan fingerprint density at radius 2 is 1.87 bits per heavy atom. The van der Waals surface area contributed by atoms with Crippen LogP contribution in [0.2, 0.25) is 0 Å². The first-order chi connectivity index (χ1) is 14.4. The van der Waals surface area contributed by atoms with Crippen molar-refractivity contribution in [1.82, 2.24) is 15.0 Å². The van der Waals surface area contributed by atoms with Crippen LogP contribution in [0.4, 0.5) is 0 Å². The van der Waals surface area contributed by atoms with E-state index in [9.17, 15) is 13.2 Å². The summed E-state index contributed by atoms with van der Waals surface area (Å²) in [5, 5.41) is 6.00. The predicted molar refractivity (Wildman–Crippen MR) is 119 cm³/mol. The molecule has 0 bridgehead atoms. The molecule has 0 atom stereocenters. The molecule has 3 rings (SSSR count). The Morgan fingerprint density at radius 1 is 1.07 bits per heavy atom. The molecule has 3 aromatic rings. The molecular weight excluding hydrogens is 418 g/mol. The van der Waals surface area contributed by atoms with Crippen molar-refractivity contribution in [3.63, 3.8) is 0 Å². The summed E-state index contributed by atoms with van der Waals surface area (Å²) in [5.74, 6) is -0.278. The topological polar surface area (TPSA) is 88.2 Å². The van der Waals surface area contributed by atoms with Crippen LogP contribution < -0.4 is 10.0 Å². The number of amides is 1. The van der Waals surface area contributed by atoms with Gasteiger partial charge >= 0.3 is 0 Å². The van der Waals surface area contributed by atoms with Crippen LogP contribution in [0, 0.1) is 6.92 Å². The molecule has 1 aromatic heterocycles. The SMILES string of the molecule is Cc1csc(CCCCNC(=O)c2cccc(S(=O)(=O)NCc3ccccc3)c2)n1. The van der Waals surface area contributed by atoms with E-state index in [1.807, 2.05) is 42.6 Å². The first-order valence-corrected chi connectivity index (χ1v) is 12.1. The first-order valence-electron chi connectivity index (χ1n) is 9.77. The highest BCUT2D eigenvalue weighted by Crippen LogP contribution is 2.13. The van der Waals surface area contributed by atoms with Crippen molar-refractivity contribution in [2.24, 2.45) is 0 Å². The average molecular weight is 444 g/mol. The predicted octanol–water partition coefficient (Wildman–Crippen LogP) is 3.68. The van der Waals surface area contributed by atoms with Gasteiger partial charge in [-0.1, -0.05) is 36.4 Å². The molecule has 158 valence electrons. The molecule has 0 unspecified atom stereocenters. The maximum Gasteiger partial charge on any atom is 0.251 e. The highest BCUT2D eigenvalue weighted by molar-refractivity contribution is 7.89. The number of aryl methyl sites for hydroxylation is 2. The van der Waals surface area contributed by atoms with Crippen molar-refractivity contribution in [2.45, 2.75) is 37.6 Å². The molecule has 0 aliphatic rings. The smallest absolute Gasteiger partial charge is 0.251 e. The fraction of sp³-hybridized carbons (Fsp3) is 0.273. The Bertz CT molecular complexity index is 1080. The van der Waals surface area contributed by atoms with Gasteiger partial charge in [-0.2, -0.15) is 0 Å². The van der Waals surface area contributed by atoms with E-state index < -0.39 is 10.0 Å². The Morgan fingerprint density at radius 3 is 2.60 bits per heavy atom. The van der Waals surface area contributed by atoms with Gasteiger partial charge in [0.2, 0.25) is 10.0 Å². The van der Waals surface area contributed by atoms with E-state index in [4.69, 9.17) is 0 Å². The summed E-state index contributed by atoms with van der Waals surface area (Å²) in [7, 11) is -3.71. The summed E-state index contributed by atoms with van der Waals surface area (Å²) in [6.07, 6.45) is 2.67. The number of hydrogen-bond donors (Lipinski definition) is 2. The second-order valence-corrected chi connectivity index (χ2v) is 9.64. The number of nitrogens with one attached hydrogen (secondary N) is 2. The van der Waals surface area contributed by atoms with Crippen LogP contribution >= 0.6 is 11.3 Å². The minimum absolute atomic E-state index is 0.0743. The lowest BCUT2D eigenvalue weighted by molar-refractivity contribution is 0.0953. The van der Waals surface area contributed by atoms with Gasteiger partial charge in [-0.15, -0.1) is 11.3 Å². The number of nitrogens with zero attached hydrogens (tertiary/aromatic N) is 1. The van der Waals surface area contributed by atoms with Gasteiger partial charge < -0.3 is 5.32 Å². The highest BCUT2D eigenvalue weighted by Gasteiger charge is 2.16. The molecule has 0 radical (unpaired) electrons. The summed E-state index contributed by atoms with van der Waals surface area (Å²) in [5.41, 5.74) is 2.23. The fourth-order valence-electron chi connectivity index (χ4n) is 2.88. The monoisotopic (exact) mass is 443 g/mol. The average Bonchev–Trinajstić information content (AvgIpc) is 3.18. The molecule has 0 fully saturated rings. The zero-order chi connectivity index (χ0) is 21.4. The second-order valence-electron chi connectivity index (χ2n) is 6.93. The van der Waals surface area contributed by atoms with E-state index >= 15 is 0 Å². The molecule has 2 aromatic carbocycles. The number of thiazole rings is 1. The lowest BCUT2D eigenvalue weighted by Gasteiger charge is -2.09. The third kappa shape index (κ3) is 6.48. The number of aromatic nitrogens is 1. The van der Waals surface area contributed by atoms with Gasteiger partial charge in [0.25, 0.3) is 5.91 Å². The standard InChI is InChI=1S/C22H25N3O3S2/c1-17-16-29-21(25-17)12-5-6-13-23-22(26)19-10-7-11-20(14-19)30(27,28)24-15-18-8-3-2-4-9-18/h2-4,7-11,14,16,24H,5-6,12-13,15H2,1H3,(H,23,26). The van der Waals surface area contributed by atoms with Gasteiger partial charge in [0, 0.05) is 29.7 Å². The Balaban J connectivity index is 1.50. The number of carbonyl (C=O) groups excluding carboxylic acids is 1. The minimum Gasteiger partial charge on any atom is -0.352 e. The van der Waals surface area contributed by atoms with Gasteiger partial charge in [-0.05, 0) is 49.9 Å². The van der Waals surface area contributed by atoms with Crippen LogP contribution in [0.3, 0.4) is 0 Å². The molecule has 30 heavy (non-hydrogen) atoms. The van der Waals surface area contributed by atoms with Crippen LogP contribution in [-0.4, -0.2) is 25.9 Å². The van der Waals surface area contributed by atoms with Crippen LogP contribution in [0.1, 0.15) is 39.5 Å². The van der Waals surface area contributed by atoms with Gasteiger partial charge in [-0.3, -0.25) is 4.79 Å². The van der Waals surface area contributed by atoms with Crippen LogP contribution in [0.25, 0.3) is 0 Å². The fourth-order valence-corrected chi connectivity index (χ4v) is 4.77. The van der Waals surface area contributed by atoms with Crippen molar-refractivity contribution in [3.05, 3.63) is 81.8 Å². The van der Waals surface area contributed by atoms with Crippen molar-refractivity contribution in [2.75, 3.05) is 6.54 Å². The molecule has 2 N–H and O–H groups in total. The molecule has 0 aliphatic heterocycles. The van der Waals surface area contributed by atoms with Crippen LogP contribution in [0.15, 0.2) is 64.9 Å². The molecule has 1 heterocycles. The van der Waals surface area contributed by atoms with E-state index in [1.165, 1.54) is 12.1 Å². The maximum atomic E-state index is 12.6. The Kier molecular flexibility index (Phi) is 7.73. The molecule has 0 spiro atoms. The number of hydrogen-bond acceptors (Lipinski definition) is 5. The van der Waals surface area contributed by atoms with E-state index in [0.717, 1.165) is 35.5 Å². The summed E-state index contributed by atoms with van der Waals surface area (Å²) >= 11 is 1.66. The zero-order valence-corrected chi connectivity index (χ0v) is 18.4. The van der Waals surface area contributed by atoms with E-state index in [2.05, 4.69) is 15.0 Å². The van der Waals surface area contributed by atoms with Gasteiger partial charge in [0.1, 0.15) is 0 Å². The number of carbonyl (C=O) groups is 1. The quantitative estimate of drug-likeness (QED) is 0.468. The number of unbranched alkanes of at least 4 members (excludes halogenated alkanes) is 1. The van der Waals surface area contributed by atoms with Crippen LogP contribution in [0.5, 0.6) is 0 Å². The number of rotatable bonds is 10. The molecule has 0 saturated heterocycles. The molecule has 6 nitrogen and oxygen atoms in total. The number of sulfonamides is 1. The van der Waals surface area contributed by atoms with Crippen molar-refractivity contribution in [3.8, 4) is 0 Å². The summed E-state index contributed by atoms with van der Waals surface area (Å²) < 4.78 is 27.7. The maximum absolute atomic E-state index is 12.6. The summed E-state index contributed by atoms with van der Waals surface area (Å²) in [6.45, 7) is 2.70. The third-order valence-electron chi connectivity index (χ3n) is 4.49. The number of benzene rings is 2. The lowest BCUT2D eigenvalue weighted by Crippen LogP contribution is -2.26. The largest absolute Gasteiger partial charge is 0.352 e. The second kappa shape index (κ2) is 10.5. The van der Waals surface area contributed by atoms with Crippen LogP contribution in [-0.2, 0) is 23.0 Å². The van der Waals surface area contributed by atoms with Gasteiger partial charge in [-0.25, -0.2) is 18.1 Å². The molecule has 0 saturated carbocycles. The van der Waals surface area contributed by atoms with E-state index in [-0.39, 0.29) is 17.3 Å². The highest BCUT2D eigenvalue weighted by atomic mass is 32.2.